The molecule has 3 heteroatoms. The molecule has 0 saturated heterocycles. The second-order valence-electron chi connectivity index (χ2n) is 4.21. The first-order chi connectivity index (χ1) is 8.16. The minimum atomic E-state index is 0.695. The quantitative estimate of drug-likeness (QED) is 0.793. The second kappa shape index (κ2) is 4.87. The van der Waals surface area contributed by atoms with Crippen LogP contribution in [0, 0.1) is 13.8 Å². The average molecular weight is 227 g/mol. The smallest absolute Gasteiger partial charge is 0.0623 e. The molecule has 0 spiro atoms. The van der Waals surface area contributed by atoms with Crippen molar-refractivity contribution in [3.8, 4) is 0 Å². The van der Waals surface area contributed by atoms with Crippen molar-refractivity contribution < 1.29 is 0 Å². The van der Waals surface area contributed by atoms with E-state index < -0.39 is 0 Å². The standard InChI is InChI=1S/C14H17N3/c1-10-5-6-12(15)13(8-10)17-9-14-11(2)4-3-7-16-14/h3-8,17H,9,15H2,1-2H3. The van der Waals surface area contributed by atoms with Crippen LogP contribution in [-0.2, 0) is 6.54 Å². The number of aromatic nitrogens is 1. The Bertz CT molecular complexity index is 521. The van der Waals surface area contributed by atoms with Crippen LogP contribution in [0.4, 0.5) is 11.4 Å². The number of anilines is 2. The molecule has 17 heavy (non-hydrogen) atoms. The topological polar surface area (TPSA) is 50.9 Å². The molecule has 2 aromatic rings. The molecule has 1 aromatic heterocycles. The summed E-state index contributed by atoms with van der Waals surface area (Å²) < 4.78 is 0. The van der Waals surface area contributed by atoms with E-state index in [4.69, 9.17) is 5.73 Å². The lowest BCUT2D eigenvalue weighted by molar-refractivity contribution is 1.02. The van der Waals surface area contributed by atoms with Crippen LogP contribution < -0.4 is 11.1 Å². The molecule has 1 heterocycles. The highest BCUT2D eigenvalue weighted by Gasteiger charge is 2.01. The van der Waals surface area contributed by atoms with E-state index >= 15 is 0 Å². The van der Waals surface area contributed by atoms with Gasteiger partial charge in [-0.25, -0.2) is 0 Å². The fraction of sp³-hybridized carbons (Fsp3) is 0.214. The molecule has 0 amide bonds. The Balaban J connectivity index is 2.12. The number of benzene rings is 1. The normalized spacial score (nSPS) is 10.2. The summed E-state index contributed by atoms with van der Waals surface area (Å²) in [6, 6.07) is 9.98. The van der Waals surface area contributed by atoms with Gasteiger partial charge in [-0.3, -0.25) is 4.98 Å². The number of rotatable bonds is 3. The van der Waals surface area contributed by atoms with E-state index in [9.17, 15) is 0 Å². The van der Waals surface area contributed by atoms with Crippen LogP contribution in [0.1, 0.15) is 16.8 Å². The summed E-state index contributed by atoms with van der Waals surface area (Å²) in [5.74, 6) is 0. The van der Waals surface area contributed by atoms with Crippen LogP contribution in [0.5, 0.6) is 0 Å². The van der Waals surface area contributed by atoms with Crippen LogP contribution in [0.25, 0.3) is 0 Å². The number of nitrogens with zero attached hydrogens (tertiary/aromatic N) is 1. The SMILES string of the molecule is Cc1ccc(N)c(NCc2ncccc2C)c1. The van der Waals surface area contributed by atoms with E-state index in [0.29, 0.717) is 6.54 Å². The predicted octanol–water partition coefficient (Wildman–Crippen LogP) is 2.89. The van der Waals surface area contributed by atoms with E-state index in [1.165, 1.54) is 11.1 Å². The molecule has 0 aliphatic rings. The van der Waals surface area contributed by atoms with Crippen LogP contribution in [0.2, 0.25) is 0 Å². The number of pyridine rings is 1. The Hall–Kier alpha value is -2.03. The third-order valence-electron chi connectivity index (χ3n) is 2.77. The van der Waals surface area contributed by atoms with Crippen molar-refractivity contribution in [2.45, 2.75) is 20.4 Å². The summed E-state index contributed by atoms with van der Waals surface area (Å²) in [6.45, 7) is 4.81. The number of nitrogen functional groups attached to an aromatic ring is 1. The number of hydrogen-bond acceptors (Lipinski definition) is 3. The average Bonchev–Trinajstić information content (AvgIpc) is 2.32. The summed E-state index contributed by atoms with van der Waals surface area (Å²) in [5, 5.41) is 3.32. The maximum Gasteiger partial charge on any atom is 0.0623 e. The van der Waals surface area contributed by atoms with Gasteiger partial charge in [0.05, 0.1) is 23.6 Å². The van der Waals surface area contributed by atoms with Gasteiger partial charge in [0.25, 0.3) is 0 Å². The molecule has 0 atom stereocenters. The van der Waals surface area contributed by atoms with Gasteiger partial charge in [-0.2, -0.15) is 0 Å². The fourth-order valence-corrected chi connectivity index (χ4v) is 1.71. The zero-order valence-electron chi connectivity index (χ0n) is 10.2. The van der Waals surface area contributed by atoms with Crippen molar-refractivity contribution in [2.24, 2.45) is 0 Å². The lowest BCUT2D eigenvalue weighted by atomic mass is 10.2. The van der Waals surface area contributed by atoms with E-state index in [-0.39, 0.29) is 0 Å². The van der Waals surface area contributed by atoms with Gasteiger partial charge in [-0.1, -0.05) is 12.1 Å². The molecule has 0 aliphatic heterocycles. The maximum atomic E-state index is 5.91. The van der Waals surface area contributed by atoms with Crippen LogP contribution >= 0.6 is 0 Å². The van der Waals surface area contributed by atoms with Gasteiger partial charge < -0.3 is 11.1 Å². The third-order valence-corrected chi connectivity index (χ3v) is 2.77. The highest BCUT2D eigenvalue weighted by Crippen LogP contribution is 2.20. The third kappa shape index (κ3) is 2.75. The van der Waals surface area contributed by atoms with Gasteiger partial charge in [0, 0.05) is 6.20 Å². The van der Waals surface area contributed by atoms with Crippen molar-refractivity contribution >= 4 is 11.4 Å². The van der Waals surface area contributed by atoms with E-state index in [1.807, 2.05) is 30.5 Å². The first-order valence-electron chi connectivity index (χ1n) is 5.67. The zero-order chi connectivity index (χ0) is 12.3. The van der Waals surface area contributed by atoms with Crippen LogP contribution in [-0.4, -0.2) is 4.98 Å². The van der Waals surface area contributed by atoms with Crippen molar-refractivity contribution in [1.29, 1.82) is 0 Å². The van der Waals surface area contributed by atoms with Crippen molar-refractivity contribution in [3.63, 3.8) is 0 Å². The van der Waals surface area contributed by atoms with Gasteiger partial charge in [-0.05, 0) is 43.2 Å². The summed E-state index contributed by atoms with van der Waals surface area (Å²) in [6.07, 6.45) is 1.81. The Morgan fingerprint density at radius 1 is 1.24 bits per heavy atom. The molecule has 0 radical (unpaired) electrons. The first-order valence-corrected chi connectivity index (χ1v) is 5.67. The highest BCUT2D eigenvalue weighted by atomic mass is 14.9. The molecule has 0 bridgehead atoms. The van der Waals surface area contributed by atoms with Gasteiger partial charge in [0.2, 0.25) is 0 Å². The number of nitrogens with one attached hydrogen (secondary N) is 1. The molecular weight excluding hydrogens is 210 g/mol. The van der Waals surface area contributed by atoms with Gasteiger partial charge in [0.15, 0.2) is 0 Å². The molecule has 3 nitrogen and oxygen atoms in total. The number of hydrogen-bond donors (Lipinski definition) is 2. The lowest BCUT2D eigenvalue weighted by Gasteiger charge is -2.11. The second-order valence-corrected chi connectivity index (χ2v) is 4.21. The first kappa shape index (κ1) is 11.5. The van der Waals surface area contributed by atoms with Crippen LogP contribution in [0.15, 0.2) is 36.5 Å². The predicted molar refractivity (Wildman–Crippen MR) is 71.9 cm³/mol. The Morgan fingerprint density at radius 2 is 2.06 bits per heavy atom. The van der Waals surface area contributed by atoms with Gasteiger partial charge >= 0.3 is 0 Å². The monoisotopic (exact) mass is 227 g/mol. The van der Waals surface area contributed by atoms with Crippen molar-refractivity contribution in [2.75, 3.05) is 11.1 Å². The summed E-state index contributed by atoms with van der Waals surface area (Å²) >= 11 is 0. The Morgan fingerprint density at radius 3 is 2.82 bits per heavy atom. The molecular formula is C14H17N3. The molecule has 88 valence electrons. The molecule has 3 N–H and O–H groups in total. The Kier molecular flexibility index (Phi) is 3.28. The van der Waals surface area contributed by atoms with Gasteiger partial charge in [-0.15, -0.1) is 0 Å². The molecule has 2 rings (SSSR count). The van der Waals surface area contributed by atoms with Crippen LogP contribution in [0.3, 0.4) is 0 Å². The largest absolute Gasteiger partial charge is 0.397 e. The van der Waals surface area contributed by atoms with E-state index in [0.717, 1.165) is 17.1 Å². The van der Waals surface area contributed by atoms with Gasteiger partial charge in [0.1, 0.15) is 0 Å². The summed E-state index contributed by atoms with van der Waals surface area (Å²) in [4.78, 5) is 4.34. The number of aryl methyl sites for hydroxylation is 2. The molecule has 1 aromatic carbocycles. The number of nitrogens with two attached hydrogens (primary N) is 1. The molecule has 0 saturated carbocycles. The van der Waals surface area contributed by atoms with Crippen molar-refractivity contribution in [3.05, 3.63) is 53.3 Å². The van der Waals surface area contributed by atoms with Crippen molar-refractivity contribution in [1.82, 2.24) is 4.98 Å². The molecule has 0 aliphatic carbocycles. The summed E-state index contributed by atoms with van der Waals surface area (Å²) in [7, 11) is 0. The molecule has 0 unspecified atom stereocenters. The highest BCUT2D eigenvalue weighted by molar-refractivity contribution is 5.66. The minimum absolute atomic E-state index is 0.695. The zero-order valence-corrected chi connectivity index (χ0v) is 10.2. The fourth-order valence-electron chi connectivity index (χ4n) is 1.71. The summed E-state index contributed by atoms with van der Waals surface area (Å²) in [5.41, 5.74) is 11.1. The minimum Gasteiger partial charge on any atom is -0.397 e. The maximum absolute atomic E-state index is 5.91. The lowest BCUT2D eigenvalue weighted by Crippen LogP contribution is -2.05. The van der Waals surface area contributed by atoms with E-state index in [1.54, 1.807) is 0 Å². The van der Waals surface area contributed by atoms with E-state index in [2.05, 4.69) is 30.2 Å². The molecule has 0 fully saturated rings. The Labute approximate surface area is 102 Å².